The van der Waals surface area contributed by atoms with E-state index in [1.54, 1.807) is 10.8 Å². The number of fused-ring (bicyclic) bond motifs is 1. The maximum Gasteiger partial charge on any atom is 0.254 e. The van der Waals surface area contributed by atoms with Crippen molar-refractivity contribution in [2.75, 3.05) is 11.1 Å². The third-order valence-electron chi connectivity index (χ3n) is 5.08. The van der Waals surface area contributed by atoms with Crippen molar-refractivity contribution in [2.24, 2.45) is 0 Å². The van der Waals surface area contributed by atoms with Crippen LogP contribution in [0.1, 0.15) is 39.2 Å². The third kappa shape index (κ3) is 5.25. The SMILES string of the molecule is C=CCn1nnnc1SCC(=O)Nc1sc2c(c1C(=O)NCc1ccccc1)CCCC2. The van der Waals surface area contributed by atoms with E-state index < -0.39 is 0 Å². The fourth-order valence-electron chi connectivity index (χ4n) is 3.59. The zero-order valence-corrected chi connectivity index (χ0v) is 19.2. The Balaban J connectivity index is 1.46. The van der Waals surface area contributed by atoms with Crippen molar-refractivity contribution in [2.45, 2.75) is 43.9 Å². The lowest BCUT2D eigenvalue weighted by atomic mass is 9.95. The Hall–Kier alpha value is -2.98. The Morgan fingerprint density at radius 1 is 1.22 bits per heavy atom. The van der Waals surface area contributed by atoms with E-state index in [1.165, 1.54) is 28.0 Å². The van der Waals surface area contributed by atoms with Gasteiger partial charge >= 0.3 is 0 Å². The van der Waals surface area contributed by atoms with Gasteiger partial charge in [-0.05, 0) is 47.2 Å². The molecule has 0 saturated carbocycles. The second-order valence-corrected chi connectivity index (χ2v) is 9.40. The van der Waals surface area contributed by atoms with Crippen LogP contribution in [-0.2, 0) is 30.7 Å². The Bertz CT molecular complexity index is 1110. The molecule has 1 aliphatic carbocycles. The molecule has 8 nitrogen and oxygen atoms in total. The number of carbonyl (C=O) groups excluding carboxylic acids is 2. The van der Waals surface area contributed by atoms with Gasteiger partial charge in [-0.25, -0.2) is 4.68 Å². The van der Waals surface area contributed by atoms with Gasteiger partial charge in [0.2, 0.25) is 11.1 Å². The first-order chi connectivity index (χ1) is 15.7. The number of carbonyl (C=O) groups is 2. The molecule has 0 atom stereocenters. The van der Waals surface area contributed by atoms with Crippen molar-refractivity contribution in [3.05, 3.63) is 64.6 Å². The Labute approximate surface area is 194 Å². The van der Waals surface area contributed by atoms with Gasteiger partial charge in [-0.3, -0.25) is 9.59 Å². The number of anilines is 1. The van der Waals surface area contributed by atoms with Gasteiger partial charge in [-0.1, -0.05) is 48.2 Å². The maximum absolute atomic E-state index is 13.1. The number of hydrogen-bond acceptors (Lipinski definition) is 7. The number of nitrogens with zero attached hydrogens (tertiary/aromatic N) is 4. The first-order valence-electron chi connectivity index (χ1n) is 10.4. The maximum atomic E-state index is 13.1. The van der Waals surface area contributed by atoms with Crippen LogP contribution in [0.3, 0.4) is 0 Å². The zero-order valence-electron chi connectivity index (χ0n) is 17.5. The van der Waals surface area contributed by atoms with E-state index in [0.29, 0.717) is 28.8 Å². The molecule has 4 rings (SSSR count). The lowest BCUT2D eigenvalue weighted by molar-refractivity contribution is -0.113. The number of nitrogens with one attached hydrogen (secondary N) is 2. The molecule has 0 unspecified atom stereocenters. The first kappa shape index (κ1) is 22.2. The molecule has 1 aromatic carbocycles. The Morgan fingerprint density at radius 3 is 2.84 bits per heavy atom. The van der Waals surface area contributed by atoms with Crippen molar-refractivity contribution in [3.63, 3.8) is 0 Å². The van der Waals surface area contributed by atoms with Crippen molar-refractivity contribution in [1.29, 1.82) is 0 Å². The quantitative estimate of drug-likeness (QED) is 0.368. The molecule has 0 aliphatic heterocycles. The fourth-order valence-corrected chi connectivity index (χ4v) is 5.58. The molecule has 2 aromatic heterocycles. The molecule has 0 fully saturated rings. The normalized spacial score (nSPS) is 12.8. The zero-order chi connectivity index (χ0) is 22.3. The summed E-state index contributed by atoms with van der Waals surface area (Å²) < 4.78 is 1.58. The van der Waals surface area contributed by atoms with Gasteiger partial charge in [-0.15, -0.1) is 23.0 Å². The Morgan fingerprint density at radius 2 is 2.03 bits per heavy atom. The molecule has 0 saturated heterocycles. The highest BCUT2D eigenvalue weighted by molar-refractivity contribution is 7.99. The number of thioether (sulfide) groups is 1. The summed E-state index contributed by atoms with van der Waals surface area (Å²) in [5.41, 5.74) is 2.71. The number of aryl methyl sites for hydroxylation is 1. The van der Waals surface area contributed by atoms with Crippen LogP contribution in [0.25, 0.3) is 0 Å². The molecule has 0 spiro atoms. The molecule has 0 radical (unpaired) electrons. The minimum atomic E-state index is -0.196. The molecule has 166 valence electrons. The number of allylic oxidation sites excluding steroid dienone is 1. The van der Waals surface area contributed by atoms with Crippen molar-refractivity contribution in [1.82, 2.24) is 25.5 Å². The standard InChI is InChI=1S/C22H24N6O2S2/c1-2-12-28-22(25-26-27-28)31-14-18(29)24-21-19(16-10-6-7-11-17(16)32-21)20(30)23-13-15-8-4-3-5-9-15/h2-5,8-9H,1,6-7,10-14H2,(H,23,30)(H,24,29). The molecular weight excluding hydrogens is 444 g/mol. The molecule has 32 heavy (non-hydrogen) atoms. The number of rotatable bonds is 9. The summed E-state index contributed by atoms with van der Waals surface area (Å²) in [5, 5.41) is 18.6. The van der Waals surface area contributed by atoms with Crippen LogP contribution in [0.15, 0.2) is 48.1 Å². The minimum Gasteiger partial charge on any atom is -0.348 e. The summed E-state index contributed by atoms with van der Waals surface area (Å²) >= 11 is 2.76. The van der Waals surface area contributed by atoms with Gasteiger partial charge in [0, 0.05) is 11.4 Å². The van der Waals surface area contributed by atoms with Gasteiger partial charge in [0.05, 0.1) is 17.9 Å². The molecule has 2 heterocycles. The highest BCUT2D eigenvalue weighted by Gasteiger charge is 2.26. The number of aromatic nitrogens is 4. The average Bonchev–Trinajstić information content (AvgIpc) is 3.40. The summed E-state index contributed by atoms with van der Waals surface area (Å²) in [4.78, 5) is 27.0. The molecule has 1 aliphatic rings. The lowest BCUT2D eigenvalue weighted by Crippen LogP contribution is -2.25. The van der Waals surface area contributed by atoms with Crippen LogP contribution >= 0.6 is 23.1 Å². The van der Waals surface area contributed by atoms with Gasteiger partial charge in [0.15, 0.2) is 0 Å². The summed E-state index contributed by atoms with van der Waals surface area (Å²) in [5.74, 6) is -0.199. The largest absolute Gasteiger partial charge is 0.348 e. The van der Waals surface area contributed by atoms with Gasteiger partial charge < -0.3 is 10.6 Å². The van der Waals surface area contributed by atoms with Crippen LogP contribution in [-0.4, -0.2) is 37.8 Å². The van der Waals surface area contributed by atoms with E-state index in [1.807, 2.05) is 30.3 Å². The summed E-state index contributed by atoms with van der Waals surface area (Å²) in [7, 11) is 0. The molecular formula is C22H24N6O2S2. The average molecular weight is 469 g/mol. The molecule has 2 amide bonds. The van der Waals surface area contributed by atoms with Crippen molar-refractivity contribution >= 4 is 39.9 Å². The number of thiophene rings is 1. The highest BCUT2D eigenvalue weighted by atomic mass is 32.2. The summed E-state index contributed by atoms with van der Waals surface area (Å²) in [6, 6.07) is 9.79. The van der Waals surface area contributed by atoms with E-state index in [-0.39, 0.29) is 17.6 Å². The number of tetrazole rings is 1. The summed E-state index contributed by atoms with van der Waals surface area (Å²) in [6.07, 6.45) is 5.66. The molecule has 0 bridgehead atoms. The fraction of sp³-hybridized carbons (Fsp3) is 0.318. The van der Waals surface area contributed by atoms with Crippen LogP contribution < -0.4 is 10.6 Å². The molecule has 10 heteroatoms. The van der Waals surface area contributed by atoms with E-state index in [2.05, 4.69) is 32.7 Å². The monoisotopic (exact) mass is 468 g/mol. The smallest absolute Gasteiger partial charge is 0.254 e. The topological polar surface area (TPSA) is 102 Å². The van der Waals surface area contributed by atoms with Crippen LogP contribution in [0.5, 0.6) is 0 Å². The second-order valence-electron chi connectivity index (χ2n) is 7.35. The van der Waals surface area contributed by atoms with E-state index in [0.717, 1.165) is 36.8 Å². The lowest BCUT2D eigenvalue weighted by Gasteiger charge is -2.13. The third-order valence-corrected chi connectivity index (χ3v) is 7.25. The van der Waals surface area contributed by atoms with Gasteiger partial charge in [0.25, 0.3) is 5.91 Å². The predicted octanol–water partition coefficient (Wildman–Crippen LogP) is 3.46. The van der Waals surface area contributed by atoms with Crippen molar-refractivity contribution in [3.8, 4) is 0 Å². The van der Waals surface area contributed by atoms with Gasteiger partial charge in [-0.2, -0.15) is 0 Å². The van der Waals surface area contributed by atoms with Crippen LogP contribution in [0, 0.1) is 0 Å². The highest BCUT2D eigenvalue weighted by Crippen LogP contribution is 2.38. The molecule has 3 aromatic rings. The second kappa shape index (κ2) is 10.6. The predicted molar refractivity (Wildman–Crippen MR) is 126 cm³/mol. The van der Waals surface area contributed by atoms with Crippen LogP contribution in [0.2, 0.25) is 0 Å². The first-order valence-corrected chi connectivity index (χ1v) is 12.2. The number of benzene rings is 1. The van der Waals surface area contributed by atoms with E-state index in [4.69, 9.17) is 0 Å². The minimum absolute atomic E-state index is 0.144. The molecule has 2 N–H and O–H groups in total. The Kier molecular flexibility index (Phi) is 7.33. The number of hydrogen-bond donors (Lipinski definition) is 2. The number of amides is 2. The van der Waals surface area contributed by atoms with E-state index in [9.17, 15) is 9.59 Å². The van der Waals surface area contributed by atoms with E-state index >= 15 is 0 Å². The summed E-state index contributed by atoms with van der Waals surface area (Å²) in [6.45, 7) is 4.60. The van der Waals surface area contributed by atoms with Crippen molar-refractivity contribution < 1.29 is 9.59 Å². The van der Waals surface area contributed by atoms with Gasteiger partial charge in [0.1, 0.15) is 5.00 Å². The van der Waals surface area contributed by atoms with Crippen LogP contribution in [0.4, 0.5) is 5.00 Å².